The zero-order valence-corrected chi connectivity index (χ0v) is 18.2. The minimum Gasteiger partial charge on any atom is -0.497 e. The van der Waals surface area contributed by atoms with Crippen molar-refractivity contribution < 1.29 is 22.7 Å². The van der Waals surface area contributed by atoms with Crippen LogP contribution >= 0.6 is 0 Å². The van der Waals surface area contributed by atoms with Crippen molar-refractivity contribution in [3.05, 3.63) is 71.4 Å². The Labute approximate surface area is 185 Å². The van der Waals surface area contributed by atoms with Gasteiger partial charge in [0.25, 0.3) is 0 Å². The summed E-state index contributed by atoms with van der Waals surface area (Å²) in [5.41, 5.74) is 2.39. The number of anilines is 1. The van der Waals surface area contributed by atoms with E-state index in [9.17, 15) is 18.0 Å². The lowest BCUT2D eigenvalue weighted by molar-refractivity contribution is -0.136. The van der Waals surface area contributed by atoms with Crippen molar-refractivity contribution in [3.63, 3.8) is 0 Å². The van der Waals surface area contributed by atoms with Crippen LogP contribution in [0, 0.1) is 0 Å². The maximum atomic E-state index is 12.6. The van der Waals surface area contributed by atoms with Crippen molar-refractivity contribution in [1.29, 1.82) is 0 Å². The highest BCUT2D eigenvalue weighted by Crippen LogP contribution is 2.32. The lowest BCUT2D eigenvalue weighted by atomic mass is 10.1. The number of hydrogen-bond donors (Lipinski definition) is 2. The first-order valence-corrected chi connectivity index (χ1v) is 11.8. The van der Waals surface area contributed by atoms with Crippen LogP contribution in [0.4, 0.5) is 5.82 Å². The van der Waals surface area contributed by atoms with Crippen LogP contribution in [-0.2, 0) is 37.4 Å². The van der Waals surface area contributed by atoms with E-state index in [-0.39, 0.29) is 23.9 Å². The molecule has 10 heteroatoms. The molecule has 0 bridgehead atoms. The molecule has 2 N–H and O–H groups in total. The van der Waals surface area contributed by atoms with Gasteiger partial charge < -0.3 is 15.4 Å². The van der Waals surface area contributed by atoms with E-state index >= 15 is 0 Å². The molecule has 0 atom stereocenters. The van der Waals surface area contributed by atoms with E-state index in [4.69, 9.17) is 4.74 Å². The SMILES string of the molecule is COc1cccc(CCNC(=O)C(=O)Nc2c3c(nn2-c2ccccc2)CS(=O)(=O)C3)c1. The van der Waals surface area contributed by atoms with Gasteiger partial charge in [0.2, 0.25) is 0 Å². The molecule has 4 rings (SSSR count). The summed E-state index contributed by atoms with van der Waals surface area (Å²) >= 11 is 0. The molecule has 0 radical (unpaired) electrons. The molecule has 2 aromatic carbocycles. The van der Waals surface area contributed by atoms with Crippen molar-refractivity contribution in [2.24, 2.45) is 0 Å². The van der Waals surface area contributed by atoms with Gasteiger partial charge in [0.05, 0.1) is 30.0 Å². The van der Waals surface area contributed by atoms with Gasteiger partial charge in [-0.25, -0.2) is 13.1 Å². The normalized spacial score (nSPS) is 13.9. The van der Waals surface area contributed by atoms with Gasteiger partial charge in [0.1, 0.15) is 11.6 Å². The molecule has 0 aliphatic carbocycles. The van der Waals surface area contributed by atoms with Crippen LogP contribution in [0.25, 0.3) is 5.69 Å². The van der Waals surface area contributed by atoms with Gasteiger partial charge in [0, 0.05) is 12.1 Å². The van der Waals surface area contributed by atoms with Crippen molar-refractivity contribution in [1.82, 2.24) is 15.1 Å². The third-order valence-electron chi connectivity index (χ3n) is 5.06. The molecule has 0 fully saturated rings. The Balaban J connectivity index is 1.47. The number of sulfone groups is 1. The number of nitrogens with one attached hydrogen (secondary N) is 2. The maximum absolute atomic E-state index is 12.6. The summed E-state index contributed by atoms with van der Waals surface area (Å²) in [5.74, 6) is -1.23. The van der Waals surface area contributed by atoms with Crippen LogP contribution in [0.15, 0.2) is 54.6 Å². The molecule has 9 nitrogen and oxygen atoms in total. The van der Waals surface area contributed by atoms with Crippen molar-refractivity contribution in [2.75, 3.05) is 19.0 Å². The molecule has 166 valence electrons. The Morgan fingerprint density at radius 1 is 1.06 bits per heavy atom. The molecule has 0 saturated heterocycles. The average molecular weight is 455 g/mol. The van der Waals surface area contributed by atoms with Crippen LogP contribution in [-0.4, -0.2) is 43.7 Å². The fourth-order valence-corrected chi connectivity index (χ4v) is 5.01. The van der Waals surface area contributed by atoms with Crippen molar-refractivity contribution >= 4 is 27.5 Å². The molecular weight excluding hydrogens is 432 g/mol. The Morgan fingerprint density at radius 2 is 1.84 bits per heavy atom. The zero-order valence-electron chi connectivity index (χ0n) is 17.4. The molecule has 32 heavy (non-hydrogen) atoms. The Kier molecular flexibility index (Phi) is 5.95. The molecule has 1 aromatic heterocycles. The maximum Gasteiger partial charge on any atom is 0.314 e. The summed E-state index contributed by atoms with van der Waals surface area (Å²) in [6.07, 6.45) is 0.520. The number of nitrogens with zero attached hydrogens (tertiary/aromatic N) is 2. The second-order valence-electron chi connectivity index (χ2n) is 7.37. The predicted octanol–water partition coefficient (Wildman–Crippen LogP) is 1.61. The number of fused-ring (bicyclic) bond motifs is 1. The quantitative estimate of drug-likeness (QED) is 0.546. The van der Waals surface area contributed by atoms with Gasteiger partial charge in [-0.05, 0) is 36.2 Å². The molecule has 2 heterocycles. The van der Waals surface area contributed by atoms with Gasteiger partial charge >= 0.3 is 11.8 Å². The summed E-state index contributed by atoms with van der Waals surface area (Å²) in [7, 11) is -1.75. The van der Waals surface area contributed by atoms with E-state index in [0.29, 0.717) is 29.1 Å². The molecule has 0 spiro atoms. The summed E-state index contributed by atoms with van der Waals surface area (Å²) in [6.45, 7) is 0.254. The second kappa shape index (κ2) is 8.83. The number of benzene rings is 2. The first-order chi connectivity index (χ1) is 15.4. The number of methoxy groups -OCH3 is 1. The highest BCUT2D eigenvalue weighted by molar-refractivity contribution is 7.90. The summed E-state index contributed by atoms with van der Waals surface area (Å²) in [6, 6.07) is 16.4. The number of amides is 2. The van der Waals surface area contributed by atoms with Crippen LogP contribution in [0.1, 0.15) is 16.8 Å². The smallest absolute Gasteiger partial charge is 0.314 e. The van der Waals surface area contributed by atoms with E-state index in [2.05, 4.69) is 15.7 Å². The van der Waals surface area contributed by atoms with Crippen molar-refractivity contribution in [3.8, 4) is 11.4 Å². The van der Waals surface area contributed by atoms with E-state index in [1.54, 1.807) is 31.4 Å². The van der Waals surface area contributed by atoms with E-state index in [1.165, 1.54) is 4.68 Å². The monoisotopic (exact) mass is 454 g/mol. The summed E-state index contributed by atoms with van der Waals surface area (Å²) in [4.78, 5) is 24.9. The predicted molar refractivity (Wildman–Crippen MR) is 118 cm³/mol. The first kappa shape index (κ1) is 21.6. The standard InChI is InChI=1S/C22H22N4O5S/c1-31-17-9-5-6-15(12-17)10-11-23-21(27)22(28)24-20-18-13-32(29,30)14-19(18)25-26(20)16-7-3-2-4-8-16/h2-9,12H,10-11,13-14H2,1H3,(H,23,27)(H,24,28). The molecule has 1 aliphatic rings. The fraction of sp³-hybridized carbons (Fsp3) is 0.227. The summed E-state index contributed by atoms with van der Waals surface area (Å²) in [5, 5.41) is 9.51. The average Bonchev–Trinajstić information content (AvgIpc) is 3.26. The molecule has 1 aliphatic heterocycles. The Hall–Kier alpha value is -3.66. The highest BCUT2D eigenvalue weighted by Gasteiger charge is 2.33. The number of ether oxygens (including phenoxy) is 1. The van der Waals surface area contributed by atoms with Gasteiger partial charge in [-0.2, -0.15) is 5.10 Å². The van der Waals surface area contributed by atoms with Gasteiger partial charge in [-0.15, -0.1) is 0 Å². The Bertz CT molecular complexity index is 1270. The summed E-state index contributed by atoms with van der Waals surface area (Å²) < 4.78 is 30.7. The molecular formula is C22H22N4O5S. The number of aromatic nitrogens is 2. The van der Waals surface area contributed by atoms with Gasteiger partial charge in [-0.1, -0.05) is 30.3 Å². The third-order valence-corrected chi connectivity index (χ3v) is 6.50. The Morgan fingerprint density at radius 3 is 2.59 bits per heavy atom. The third kappa shape index (κ3) is 4.65. The molecule has 2 amide bonds. The second-order valence-corrected chi connectivity index (χ2v) is 9.43. The number of carbonyl (C=O) groups excluding carboxylic acids is 2. The largest absolute Gasteiger partial charge is 0.497 e. The van der Waals surface area contributed by atoms with Crippen LogP contribution in [0.5, 0.6) is 5.75 Å². The first-order valence-electron chi connectivity index (χ1n) is 9.95. The molecule has 3 aromatic rings. The van der Waals surface area contributed by atoms with Crippen LogP contribution in [0.3, 0.4) is 0 Å². The van der Waals surface area contributed by atoms with Crippen LogP contribution in [0.2, 0.25) is 0 Å². The molecule has 0 saturated carbocycles. The lowest BCUT2D eigenvalue weighted by Gasteiger charge is -2.11. The number of para-hydroxylation sites is 1. The topological polar surface area (TPSA) is 119 Å². The number of carbonyl (C=O) groups is 2. The van der Waals surface area contributed by atoms with Gasteiger partial charge in [-0.3, -0.25) is 9.59 Å². The van der Waals surface area contributed by atoms with E-state index < -0.39 is 21.7 Å². The minimum absolute atomic E-state index is 0.195. The van der Waals surface area contributed by atoms with Crippen LogP contribution < -0.4 is 15.4 Å². The zero-order chi connectivity index (χ0) is 22.7. The van der Waals surface area contributed by atoms with E-state index in [1.807, 2.05) is 30.3 Å². The van der Waals surface area contributed by atoms with Gasteiger partial charge in [0.15, 0.2) is 9.84 Å². The van der Waals surface area contributed by atoms with E-state index in [0.717, 1.165) is 5.56 Å². The molecule has 0 unspecified atom stereocenters. The number of rotatable bonds is 6. The minimum atomic E-state index is -3.33. The lowest BCUT2D eigenvalue weighted by Crippen LogP contribution is -2.37. The van der Waals surface area contributed by atoms with Crippen molar-refractivity contribution in [2.45, 2.75) is 17.9 Å². The highest BCUT2D eigenvalue weighted by atomic mass is 32.2. The fourth-order valence-electron chi connectivity index (χ4n) is 3.52. The number of hydrogen-bond acceptors (Lipinski definition) is 6.